The first-order chi connectivity index (χ1) is 8.69. The molecule has 0 fully saturated rings. The molecule has 0 saturated heterocycles. The SMILES string of the molecule is CCn1ccnc1NC(C)(CO)c1ccccc1. The average molecular weight is 245 g/mol. The zero-order valence-corrected chi connectivity index (χ0v) is 10.8. The molecular formula is C14H19N3O. The molecule has 0 bridgehead atoms. The number of nitrogens with one attached hydrogen (secondary N) is 1. The maximum absolute atomic E-state index is 9.70. The maximum atomic E-state index is 9.70. The van der Waals surface area contributed by atoms with E-state index in [0.717, 1.165) is 18.1 Å². The predicted molar refractivity (Wildman–Crippen MR) is 72.4 cm³/mol. The number of benzene rings is 1. The minimum Gasteiger partial charge on any atom is -0.394 e. The molecule has 1 aromatic carbocycles. The van der Waals surface area contributed by atoms with Gasteiger partial charge in [-0.25, -0.2) is 4.98 Å². The number of nitrogens with zero attached hydrogens (tertiary/aromatic N) is 2. The molecule has 0 radical (unpaired) electrons. The van der Waals surface area contributed by atoms with E-state index in [1.807, 2.05) is 48.0 Å². The minimum absolute atomic E-state index is 0.00753. The van der Waals surface area contributed by atoms with Crippen molar-refractivity contribution in [2.75, 3.05) is 11.9 Å². The summed E-state index contributed by atoms with van der Waals surface area (Å²) in [6.07, 6.45) is 3.68. The monoisotopic (exact) mass is 245 g/mol. The first-order valence-corrected chi connectivity index (χ1v) is 6.15. The lowest BCUT2D eigenvalue weighted by Gasteiger charge is -2.30. The molecule has 1 atom stereocenters. The lowest BCUT2D eigenvalue weighted by Crippen LogP contribution is -2.36. The van der Waals surface area contributed by atoms with E-state index >= 15 is 0 Å². The van der Waals surface area contributed by atoms with Gasteiger partial charge >= 0.3 is 0 Å². The van der Waals surface area contributed by atoms with Crippen molar-refractivity contribution < 1.29 is 5.11 Å². The van der Waals surface area contributed by atoms with E-state index in [0.29, 0.717) is 0 Å². The number of rotatable bonds is 5. The van der Waals surface area contributed by atoms with Gasteiger partial charge in [0.2, 0.25) is 5.95 Å². The zero-order valence-electron chi connectivity index (χ0n) is 10.8. The number of aromatic nitrogens is 2. The molecule has 0 saturated carbocycles. The molecule has 2 N–H and O–H groups in total. The van der Waals surface area contributed by atoms with Crippen LogP contribution >= 0.6 is 0 Å². The standard InChI is InChI=1S/C14H19N3O/c1-3-17-10-9-15-13(17)16-14(2,11-18)12-7-5-4-6-8-12/h4-10,18H,3,11H2,1-2H3,(H,15,16). The van der Waals surface area contributed by atoms with E-state index in [1.54, 1.807) is 6.20 Å². The second-order valence-electron chi connectivity index (χ2n) is 4.52. The number of anilines is 1. The van der Waals surface area contributed by atoms with Gasteiger partial charge in [-0.1, -0.05) is 30.3 Å². The van der Waals surface area contributed by atoms with Crippen LogP contribution in [0, 0.1) is 0 Å². The fraction of sp³-hybridized carbons (Fsp3) is 0.357. The minimum atomic E-state index is -0.528. The van der Waals surface area contributed by atoms with Crippen LogP contribution in [0.4, 0.5) is 5.95 Å². The van der Waals surface area contributed by atoms with Gasteiger partial charge in [-0.05, 0) is 19.4 Å². The Hall–Kier alpha value is -1.81. The number of aliphatic hydroxyl groups is 1. The van der Waals surface area contributed by atoms with Crippen LogP contribution in [-0.4, -0.2) is 21.3 Å². The van der Waals surface area contributed by atoms with E-state index in [1.165, 1.54) is 0 Å². The average Bonchev–Trinajstić information content (AvgIpc) is 2.86. The van der Waals surface area contributed by atoms with Crippen LogP contribution in [-0.2, 0) is 12.1 Å². The van der Waals surface area contributed by atoms with Gasteiger partial charge in [0.1, 0.15) is 0 Å². The van der Waals surface area contributed by atoms with Gasteiger partial charge in [0.05, 0.1) is 12.1 Å². The molecule has 2 aromatic rings. The van der Waals surface area contributed by atoms with Crippen LogP contribution in [0.2, 0.25) is 0 Å². The number of aryl methyl sites for hydroxylation is 1. The van der Waals surface area contributed by atoms with Gasteiger partial charge in [0.25, 0.3) is 0 Å². The van der Waals surface area contributed by atoms with Crippen LogP contribution in [0.3, 0.4) is 0 Å². The Morgan fingerprint density at radius 2 is 2.06 bits per heavy atom. The highest BCUT2D eigenvalue weighted by Crippen LogP contribution is 2.24. The summed E-state index contributed by atoms with van der Waals surface area (Å²) in [5, 5.41) is 13.0. The molecule has 0 aliphatic rings. The summed E-state index contributed by atoms with van der Waals surface area (Å²) in [6.45, 7) is 4.88. The fourth-order valence-electron chi connectivity index (χ4n) is 1.94. The molecule has 18 heavy (non-hydrogen) atoms. The van der Waals surface area contributed by atoms with Crippen molar-refractivity contribution in [3.8, 4) is 0 Å². The van der Waals surface area contributed by atoms with Crippen molar-refractivity contribution in [3.63, 3.8) is 0 Å². The normalized spacial score (nSPS) is 14.2. The van der Waals surface area contributed by atoms with E-state index < -0.39 is 5.54 Å². The molecule has 1 heterocycles. The van der Waals surface area contributed by atoms with Crippen LogP contribution < -0.4 is 5.32 Å². The lowest BCUT2D eigenvalue weighted by molar-refractivity contribution is 0.223. The molecule has 1 aromatic heterocycles. The van der Waals surface area contributed by atoms with E-state index in [9.17, 15) is 5.11 Å². The smallest absolute Gasteiger partial charge is 0.203 e. The Labute approximate surface area is 107 Å². The summed E-state index contributed by atoms with van der Waals surface area (Å²) in [6, 6.07) is 9.91. The largest absolute Gasteiger partial charge is 0.394 e. The molecule has 1 unspecified atom stereocenters. The molecule has 0 aliphatic heterocycles. The Bertz CT molecular complexity index is 495. The fourth-order valence-corrected chi connectivity index (χ4v) is 1.94. The molecule has 0 aliphatic carbocycles. The topological polar surface area (TPSA) is 50.1 Å². The number of hydrogen-bond acceptors (Lipinski definition) is 3. The quantitative estimate of drug-likeness (QED) is 0.849. The summed E-state index contributed by atoms with van der Waals surface area (Å²) >= 11 is 0. The molecular weight excluding hydrogens is 226 g/mol. The van der Waals surface area contributed by atoms with Crippen molar-refractivity contribution in [2.45, 2.75) is 25.9 Å². The summed E-state index contributed by atoms with van der Waals surface area (Å²) < 4.78 is 2.01. The van der Waals surface area contributed by atoms with Gasteiger partial charge in [0, 0.05) is 18.9 Å². The van der Waals surface area contributed by atoms with E-state index in [4.69, 9.17) is 0 Å². The first-order valence-electron chi connectivity index (χ1n) is 6.15. The molecule has 0 spiro atoms. The number of imidazole rings is 1. The van der Waals surface area contributed by atoms with E-state index in [2.05, 4.69) is 17.2 Å². The first kappa shape index (κ1) is 12.6. The highest BCUT2D eigenvalue weighted by atomic mass is 16.3. The van der Waals surface area contributed by atoms with Gasteiger partial charge in [-0.2, -0.15) is 0 Å². The summed E-state index contributed by atoms with van der Waals surface area (Å²) in [5.74, 6) is 0.776. The third-order valence-electron chi connectivity index (χ3n) is 3.17. The third kappa shape index (κ3) is 2.38. The second-order valence-corrected chi connectivity index (χ2v) is 4.52. The number of aliphatic hydroxyl groups excluding tert-OH is 1. The van der Waals surface area contributed by atoms with Crippen LogP contribution in [0.5, 0.6) is 0 Å². The van der Waals surface area contributed by atoms with Crippen molar-refractivity contribution in [2.24, 2.45) is 0 Å². The third-order valence-corrected chi connectivity index (χ3v) is 3.17. The van der Waals surface area contributed by atoms with Crippen molar-refractivity contribution in [1.29, 1.82) is 0 Å². The zero-order chi connectivity index (χ0) is 13.0. The molecule has 96 valence electrons. The number of hydrogen-bond donors (Lipinski definition) is 2. The summed E-state index contributed by atoms with van der Waals surface area (Å²) in [5.41, 5.74) is 0.512. The van der Waals surface area contributed by atoms with Gasteiger partial charge < -0.3 is 15.0 Å². The Morgan fingerprint density at radius 3 is 2.67 bits per heavy atom. The van der Waals surface area contributed by atoms with E-state index in [-0.39, 0.29) is 6.61 Å². The Kier molecular flexibility index (Phi) is 3.67. The van der Waals surface area contributed by atoms with Crippen molar-refractivity contribution >= 4 is 5.95 Å². The van der Waals surface area contributed by atoms with Crippen molar-refractivity contribution in [3.05, 3.63) is 48.3 Å². The molecule has 4 nitrogen and oxygen atoms in total. The van der Waals surface area contributed by atoms with Crippen molar-refractivity contribution in [1.82, 2.24) is 9.55 Å². The molecule has 2 rings (SSSR count). The summed E-state index contributed by atoms with van der Waals surface area (Å²) in [7, 11) is 0. The highest BCUT2D eigenvalue weighted by Gasteiger charge is 2.26. The van der Waals surface area contributed by atoms with Crippen LogP contribution in [0.15, 0.2) is 42.7 Å². The second kappa shape index (κ2) is 5.23. The maximum Gasteiger partial charge on any atom is 0.203 e. The molecule has 0 amide bonds. The summed E-state index contributed by atoms with van der Waals surface area (Å²) in [4.78, 5) is 4.29. The van der Waals surface area contributed by atoms with Crippen LogP contribution in [0.25, 0.3) is 0 Å². The lowest BCUT2D eigenvalue weighted by atomic mass is 9.93. The Balaban J connectivity index is 2.29. The van der Waals surface area contributed by atoms with Crippen LogP contribution in [0.1, 0.15) is 19.4 Å². The predicted octanol–water partition coefficient (Wildman–Crippen LogP) is 2.22. The van der Waals surface area contributed by atoms with Gasteiger partial charge in [-0.3, -0.25) is 0 Å². The van der Waals surface area contributed by atoms with Gasteiger partial charge in [0.15, 0.2) is 0 Å². The van der Waals surface area contributed by atoms with Gasteiger partial charge in [-0.15, -0.1) is 0 Å². The Morgan fingerprint density at radius 1 is 1.33 bits per heavy atom. The highest BCUT2D eigenvalue weighted by molar-refractivity contribution is 5.37. The molecule has 4 heteroatoms.